The lowest BCUT2D eigenvalue weighted by Gasteiger charge is -2.16. The summed E-state index contributed by atoms with van der Waals surface area (Å²) in [5.74, 6) is 1.01. The van der Waals surface area contributed by atoms with Crippen LogP contribution in [-0.2, 0) is 0 Å². The Morgan fingerprint density at radius 3 is 2.35 bits per heavy atom. The molecule has 0 saturated heterocycles. The number of carbonyl (C=O) groups excluding carboxylic acids is 1. The van der Waals surface area contributed by atoms with E-state index in [1.807, 2.05) is 58.0 Å². The van der Waals surface area contributed by atoms with Gasteiger partial charge < -0.3 is 14.8 Å². The Morgan fingerprint density at radius 2 is 1.65 bits per heavy atom. The molecule has 0 radical (unpaired) electrons. The van der Waals surface area contributed by atoms with Crippen molar-refractivity contribution in [2.75, 3.05) is 5.32 Å². The van der Waals surface area contributed by atoms with Crippen molar-refractivity contribution in [3.8, 4) is 11.5 Å². The number of nitrogens with one attached hydrogen (secondary N) is 2. The maximum atomic E-state index is 12.4. The lowest BCUT2D eigenvalue weighted by molar-refractivity contribution is 0.0977. The van der Waals surface area contributed by atoms with Crippen molar-refractivity contribution in [2.45, 2.75) is 39.9 Å². The van der Waals surface area contributed by atoms with Gasteiger partial charge in [0.15, 0.2) is 5.11 Å². The third-order valence-corrected chi connectivity index (χ3v) is 3.40. The summed E-state index contributed by atoms with van der Waals surface area (Å²) in [4.78, 5) is 12.4. The quantitative estimate of drug-likeness (QED) is 0.737. The average Bonchev–Trinajstić information content (AvgIpc) is 2.55. The van der Waals surface area contributed by atoms with E-state index in [1.54, 1.807) is 18.2 Å². The molecule has 0 aliphatic carbocycles. The second-order valence-corrected chi connectivity index (χ2v) is 6.67. The first-order valence-electron chi connectivity index (χ1n) is 8.50. The SMILES string of the molecule is CC(C)Oc1cccc(C(=O)NC(=S)Nc2ccccc2OC(C)C)c1. The van der Waals surface area contributed by atoms with E-state index in [9.17, 15) is 4.79 Å². The summed E-state index contributed by atoms with van der Waals surface area (Å²) in [6.07, 6.45) is 0.0679. The predicted octanol–water partition coefficient (Wildman–Crippen LogP) is 4.39. The van der Waals surface area contributed by atoms with Crippen LogP contribution in [0.25, 0.3) is 0 Å². The van der Waals surface area contributed by atoms with Crippen molar-refractivity contribution in [3.05, 3.63) is 54.1 Å². The lowest BCUT2D eigenvalue weighted by Crippen LogP contribution is -2.34. The first kappa shape index (κ1) is 19.7. The second kappa shape index (κ2) is 9.20. The molecule has 0 heterocycles. The molecule has 0 aromatic heterocycles. The smallest absolute Gasteiger partial charge is 0.257 e. The highest BCUT2D eigenvalue weighted by molar-refractivity contribution is 7.80. The number of rotatable bonds is 6. The van der Waals surface area contributed by atoms with Crippen LogP contribution in [0.2, 0.25) is 0 Å². The Kier molecular flexibility index (Phi) is 6.97. The number of carbonyl (C=O) groups is 1. The molecule has 5 nitrogen and oxygen atoms in total. The van der Waals surface area contributed by atoms with Gasteiger partial charge in [0.05, 0.1) is 17.9 Å². The third-order valence-electron chi connectivity index (χ3n) is 3.19. The molecule has 0 bridgehead atoms. The zero-order valence-electron chi connectivity index (χ0n) is 15.4. The van der Waals surface area contributed by atoms with Crippen LogP contribution in [0, 0.1) is 0 Å². The number of amides is 1. The van der Waals surface area contributed by atoms with Gasteiger partial charge in [-0.05, 0) is 70.2 Å². The zero-order chi connectivity index (χ0) is 19.1. The third kappa shape index (κ3) is 6.04. The highest BCUT2D eigenvalue weighted by Gasteiger charge is 2.11. The molecule has 0 fully saturated rings. The van der Waals surface area contributed by atoms with Crippen LogP contribution in [0.4, 0.5) is 5.69 Å². The van der Waals surface area contributed by atoms with E-state index < -0.39 is 0 Å². The predicted molar refractivity (Wildman–Crippen MR) is 108 cm³/mol. The monoisotopic (exact) mass is 372 g/mol. The van der Waals surface area contributed by atoms with Crippen LogP contribution in [0.15, 0.2) is 48.5 Å². The molecule has 0 aliphatic rings. The van der Waals surface area contributed by atoms with Crippen LogP contribution in [0.1, 0.15) is 38.1 Å². The first-order chi connectivity index (χ1) is 12.3. The molecule has 0 unspecified atom stereocenters. The minimum Gasteiger partial charge on any atom is -0.491 e. The van der Waals surface area contributed by atoms with E-state index in [0.717, 1.165) is 0 Å². The van der Waals surface area contributed by atoms with E-state index in [-0.39, 0.29) is 23.2 Å². The Labute approximate surface area is 159 Å². The van der Waals surface area contributed by atoms with Crippen molar-refractivity contribution < 1.29 is 14.3 Å². The summed E-state index contributed by atoms with van der Waals surface area (Å²) >= 11 is 5.26. The van der Waals surface area contributed by atoms with Crippen LogP contribution in [-0.4, -0.2) is 23.2 Å². The van der Waals surface area contributed by atoms with Crippen molar-refractivity contribution in [1.82, 2.24) is 5.32 Å². The molecule has 0 saturated carbocycles. The number of thiocarbonyl (C=S) groups is 1. The minimum absolute atomic E-state index is 0.0322. The first-order valence-corrected chi connectivity index (χ1v) is 8.90. The highest BCUT2D eigenvalue weighted by atomic mass is 32.1. The number of hydrogen-bond acceptors (Lipinski definition) is 4. The second-order valence-electron chi connectivity index (χ2n) is 6.27. The van der Waals surface area contributed by atoms with Crippen LogP contribution in [0.5, 0.6) is 11.5 Å². The Balaban J connectivity index is 2.03. The summed E-state index contributed by atoms with van der Waals surface area (Å²) in [6, 6.07) is 14.4. The normalized spacial score (nSPS) is 10.5. The van der Waals surface area contributed by atoms with Crippen molar-refractivity contribution in [2.24, 2.45) is 0 Å². The van der Waals surface area contributed by atoms with Gasteiger partial charge in [-0.3, -0.25) is 10.1 Å². The summed E-state index contributed by atoms with van der Waals surface area (Å²) in [5, 5.41) is 5.88. The fraction of sp³-hybridized carbons (Fsp3) is 0.300. The molecule has 2 N–H and O–H groups in total. The summed E-state index contributed by atoms with van der Waals surface area (Å²) in [5.41, 5.74) is 1.17. The Bertz CT molecular complexity index is 775. The van der Waals surface area contributed by atoms with E-state index in [4.69, 9.17) is 21.7 Å². The molecule has 1 amide bonds. The van der Waals surface area contributed by atoms with Gasteiger partial charge in [0.1, 0.15) is 11.5 Å². The van der Waals surface area contributed by atoms with Crippen molar-refractivity contribution >= 4 is 28.9 Å². The topological polar surface area (TPSA) is 59.6 Å². The van der Waals surface area contributed by atoms with Crippen molar-refractivity contribution in [1.29, 1.82) is 0 Å². The zero-order valence-corrected chi connectivity index (χ0v) is 16.2. The number of anilines is 1. The lowest BCUT2D eigenvalue weighted by atomic mass is 10.2. The maximum absolute atomic E-state index is 12.4. The summed E-state index contributed by atoms with van der Waals surface area (Å²) < 4.78 is 11.4. The number of ether oxygens (including phenoxy) is 2. The molecule has 2 aromatic carbocycles. The standard InChI is InChI=1S/C20H24N2O3S/c1-13(2)24-16-9-7-8-15(12-16)19(23)22-20(26)21-17-10-5-6-11-18(17)25-14(3)4/h5-14H,1-4H3,(H2,21,22,23,26). The number of para-hydroxylation sites is 2. The van der Waals surface area contributed by atoms with Gasteiger partial charge in [-0.2, -0.15) is 0 Å². The molecule has 0 aliphatic heterocycles. The largest absolute Gasteiger partial charge is 0.491 e. The summed E-state index contributed by atoms with van der Waals surface area (Å²) in [7, 11) is 0. The average molecular weight is 372 g/mol. The van der Waals surface area contributed by atoms with Crippen LogP contribution in [0.3, 0.4) is 0 Å². The van der Waals surface area contributed by atoms with Gasteiger partial charge in [0.2, 0.25) is 0 Å². The van der Waals surface area contributed by atoms with E-state index in [2.05, 4.69) is 10.6 Å². The van der Waals surface area contributed by atoms with Gasteiger partial charge >= 0.3 is 0 Å². The van der Waals surface area contributed by atoms with Crippen LogP contribution >= 0.6 is 12.2 Å². The number of hydrogen-bond donors (Lipinski definition) is 2. The van der Waals surface area contributed by atoms with Gasteiger partial charge in [-0.25, -0.2) is 0 Å². The Hall–Kier alpha value is -2.60. The van der Waals surface area contributed by atoms with Crippen LogP contribution < -0.4 is 20.1 Å². The van der Waals surface area contributed by atoms with Gasteiger partial charge in [-0.15, -0.1) is 0 Å². The van der Waals surface area contributed by atoms with E-state index in [0.29, 0.717) is 22.7 Å². The highest BCUT2D eigenvalue weighted by Crippen LogP contribution is 2.24. The molecule has 138 valence electrons. The molecule has 26 heavy (non-hydrogen) atoms. The van der Waals surface area contributed by atoms with E-state index in [1.165, 1.54) is 0 Å². The molecular weight excluding hydrogens is 348 g/mol. The number of benzene rings is 2. The molecule has 2 aromatic rings. The van der Waals surface area contributed by atoms with Gasteiger partial charge in [-0.1, -0.05) is 18.2 Å². The fourth-order valence-corrected chi connectivity index (χ4v) is 2.44. The van der Waals surface area contributed by atoms with E-state index >= 15 is 0 Å². The van der Waals surface area contributed by atoms with Crippen molar-refractivity contribution in [3.63, 3.8) is 0 Å². The molecule has 6 heteroatoms. The summed E-state index contributed by atoms with van der Waals surface area (Å²) in [6.45, 7) is 7.76. The minimum atomic E-state index is -0.307. The maximum Gasteiger partial charge on any atom is 0.257 e. The molecular formula is C20H24N2O3S. The molecule has 2 rings (SSSR count). The van der Waals surface area contributed by atoms with Gasteiger partial charge in [0.25, 0.3) is 5.91 Å². The fourth-order valence-electron chi connectivity index (χ4n) is 2.24. The molecule has 0 atom stereocenters. The Morgan fingerprint density at radius 1 is 0.962 bits per heavy atom. The van der Waals surface area contributed by atoms with Gasteiger partial charge in [0, 0.05) is 5.56 Å². The molecule has 0 spiro atoms.